The van der Waals surface area contributed by atoms with E-state index < -0.39 is 23.6 Å². The third-order valence-corrected chi connectivity index (χ3v) is 6.64. The van der Waals surface area contributed by atoms with Crippen LogP contribution in [0.4, 0.5) is 38.1 Å². The molecule has 0 N–H and O–H groups in total. The summed E-state index contributed by atoms with van der Waals surface area (Å²) in [6, 6.07) is 2.34. The number of aromatic nitrogens is 5. The van der Waals surface area contributed by atoms with Gasteiger partial charge in [0.05, 0.1) is 17.5 Å². The zero-order chi connectivity index (χ0) is 26.4. The Morgan fingerprint density at radius 3 is 2.46 bits per heavy atom. The highest BCUT2D eigenvalue weighted by Crippen LogP contribution is 2.37. The van der Waals surface area contributed by atoms with Gasteiger partial charge >= 0.3 is 12.4 Å². The molecule has 1 radical (unpaired) electrons. The number of hydrogen-bond acceptors (Lipinski definition) is 7. The van der Waals surface area contributed by atoms with E-state index in [0.29, 0.717) is 29.9 Å². The van der Waals surface area contributed by atoms with E-state index in [4.69, 9.17) is 4.98 Å². The molecule has 5 rings (SSSR count). The largest absolute Gasteiger partial charge is 0.434 e. The van der Waals surface area contributed by atoms with Crippen LogP contribution >= 0.6 is 0 Å². The maximum Gasteiger partial charge on any atom is 0.434 e. The van der Waals surface area contributed by atoms with Crippen molar-refractivity contribution in [1.82, 2.24) is 24.9 Å². The van der Waals surface area contributed by atoms with Crippen molar-refractivity contribution >= 4 is 11.8 Å². The molecule has 0 spiro atoms. The Bertz CT molecular complexity index is 1290. The van der Waals surface area contributed by atoms with Gasteiger partial charge in [0.1, 0.15) is 23.4 Å². The number of fused-ring (bicyclic) bond motifs is 1. The second-order valence-corrected chi connectivity index (χ2v) is 9.05. The highest BCUT2D eigenvalue weighted by molar-refractivity contribution is 5.62. The van der Waals surface area contributed by atoms with Crippen molar-refractivity contribution in [1.29, 1.82) is 0 Å². The smallest absolute Gasteiger partial charge is 0.355 e. The summed E-state index contributed by atoms with van der Waals surface area (Å²) in [5.74, 6) is 0.157. The molecule has 5 heterocycles. The van der Waals surface area contributed by atoms with Crippen molar-refractivity contribution in [2.75, 3.05) is 29.4 Å². The predicted molar refractivity (Wildman–Crippen MR) is 122 cm³/mol. The van der Waals surface area contributed by atoms with E-state index in [1.165, 1.54) is 17.2 Å². The van der Waals surface area contributed by atoms with Crippen LogP contribution in [0.15, 0.2) is 24.5 Å². The van der Waals surface area contributed by atoms with Gasteiger partial charge in [-0.3, -0.25) is 0 Å². The van der Waals surface area contributed by atoms with Gasteiger partial charge in [-0.1, -0.05) is 0 Å². The SMILES string of the molecule is CC1CCCN1c1nc2c(c(-c3[c]ncc(C(F)(F)F)n3)n1)CCN(c1ncccc1C(F)(F)F)CC2. The van der Waals surface area contributed by atoms with E-state index in [0.717, 1.165) is 18.9 Å². The van der Waals surface area contributed by atoms with Gasteiger partial charge < -0.3 is 9.80 Å². The topological polar surface area (TPSA) is 70.9 Å². The molecule has 13 heteroatoms. The molecule has 195 valence electrons. The van der Waals surface area contributed by atoms with E-state index in [-0.39, 0.29) is 49.2 Å². The van der Waals surface area contributed by atoms with E-state index >= 15 is 0 Å². The fourth-order valence-electron chi connectivity index (χ4n) is 4.79. The second kappa shape index (κ2) is 9.42. The average molecular weight is 522 g/mol. The molecule has 1 unspecified atom stereocenters. The molecule has 37 heavy (non-hydrogen) atoms. The van der Waals surface area contributed by atoms with Crippen LogP contribution in [0.25, 0.3) is 11.4 Å². The van der Waals surface area contributed by atoms with Gasteiger partial charge in [0, 0.05) is 43.9 Å². The Morgan fingerprint density at radius 2 is 1.76 bits per heavy atom. The monoisotopic (exact) mass is 522 g/mol. The van der Waals surface area contributed by atoms with Crippen LogP contribution in [-0.2, 0) is 25.2 Å². The highest BCUT2D eigenvalue weighted by atomic mass is 19.4. The van der Waals surface area contributed by atoms with Gasteiger partial charge in [-0.15, -0.1) is 0 Å². The van der Waals surface area contributed by atoms with Crippen LogP contribution in [0.1, 0.15) is 42.3 Å². The van der Waals surface area contributed by atoms with Gasteiger partial charge in [-0.25, -0.2) is 24.9 Å². The zero-order valence-electron chi connectivity index (χ0n) is 19.7. The highest BCUT2D eigenvalue weighted by Gasteiger charge is 2.37. The lowest BCUT2D eigenvalue weighted by molar-refractivity contribution is -0.141. The fourth-order valence-corrected chi connectivity index (χ4v) is 4.79. The molecule has 0 aromatic carbocycles. The number of rotatable bonds is 3. The van der Waals surface area contributed by atoms with Crippen LogP contribution in [0.3, 0.4) is 0 Å². The average Bonchev–Trinajstić information content (AvgIpc) is 3.17. The molecule has 0 aliphatic carbocycles. The molecule has 0 bridgehead atoms. The predicted octanol–water partition coefficient (Wildman–Crippen LogP) is 4.76. The van der Waals surface area contributed by atoms with Gasteiger partial charge in [-0.05, 0) is 38.3 Å². The minimum Gasteiger partial charge on any atom is -0.355 e. The van der Waals surface area contributed by atoms with Crippen molar-refractivity contribution in [2.45, 2.75) is 51.0 Å². The first kappa shape index (κ1) is 25.2. The molecule has 0 saturated carbocycles. The number of pyridine rings is 1. The minimum absolute atomic E-state index is 0.132. The van der Waals surface area contributed by atoms with E-state index in [9.17, 15) is 26.3 Å². The molecule has 2 aliphatic rings. The first-order chi connectivity index (χ1) is 17.5. The van der Waals surface area contributed by atoms with Crippen molar-refractivity contribution in [3.05, 3.63) is 53.2 Å². The van der Waals surface area contributed by atoms with E-state index in [1.807, 2.05) is 11.8 Å². The lowest BCUT2D eigenvalue weighted by Gasteiger charge is -2.24. The molecular weight excluding hydrogens is 500 g/mol. The quantitative estimate of drug-likeness (QED) is 0.460. The lowest BCUT2D eigenvalue weighted by atomic mass is 10.0. The van der Waals surface area contributed by atoms with Gasteiger partial charge in [0.2, 0.25) is 5.95 Å². The normalized spacial score (nSPS) is 18.6. The zero-order valence-corrected chi connectivity index (χ0v) is 19.7. The summed E-state index contributed by atoms with van der Waals surface area (Å²) in [6.07, 6.45) is -2.62. The van der Waals surface area contributed by atoms with Crippen molar-refractivity contribution in [2.24, 2.45) is 0 Å². The second-order valence-electron chi connectivity index (χ2n) is 9.05. The molecule has 1 atom stereocenters. The number of halogens is 6. The Labute approximate surface area is 208 Å². The molecule has 0 amide bonds. The summed E-state index contributed by atoms with van der Waals surface area (Å²) in [5, 5.41) is 0. The van der Waals surface area contributed by atoms with Crippen LogP contribution in [-0.4, -0.2) is 50.6 Å². The number of nitrogens with zero attached hydrogens (tertiary/aromatic N) is 7. The molecule has 3 aromatic rings. The third kappa shape index (κ3) is 5.03. The first-order valence-corrected chi connectivity index (χ1v) is 11.8. The maximum atomic E-state index is 13.6. The minimum atomic E-state index is -4.71. The lowest BCUT2D eigenvalue weighted by Crippen LogP contribution is -2.29. The van der Waals surface area contributed by atoms with Gasteiger partial charge in [0.15, 0.2) is 5.69 Å². The standard InChI is InChI=1S/C24H22F6N7/c1-14-4-3-9-37(14)22-34-17-7-11-36(21-16(23(25,26)27)5-2-8-32-21)10-6-15(17)20(35-22)18-12-31-13-19(33-18)24(28,29)30/h2,5,8,13-14H,3-4,6-7,9-11H2,1H3. The Hall–Kier alpha value is -3.51. The van der Waals surface area contributed by atoms with Gasteiger partial charge in [-0.2, -0.15) is 26.3 Å². The molecular formula is C24H22F6N7. The van der Waals surface area contributed by atoms with E-state index in [2.05, 4.69) is 26.1 Å². The summed E-state index contributed by atoms with van der Waals surface area (Å²) in [6.45, 7) is 3.03. The van der Waals surface area contributed by atoms with Crippen LogP contribution in [0.2, 0.25) is 0 Å². The molecule has 7 nitrogen and oxygen atoms in total. The number of anilines is 2. The Morgan fingerprint density at radius 1 is 0.973 bits per heavy atom. The van der Waals surface area contributed by atoms with Crippen molar-refractivity contribution < 1.29 is 26.3 Å². The summed E-state index contributed by atoms with van der Waals surface area (Å²) in [4.78, 5) is 24.2. The summed E-state index contributed by atoms with van der Waals surface area (Å²) < 4.78 is 81.1. The summed E-state index contributed by atoms with van der Waals surface area (Å²) in [7, 11) is 0. The van der Waals surface area contributed by atoms with Gasteiger partial charge in [0.25, 0.3) is 0 Å². The molecule has 2 aliphatic heterocycles. The molecule has 1 saturated heterocycles. The fraction of sp³-hybridized carbons (Fsp3) is 0.458. The first-order valence-electron chi connectivity index (χ1n) is 11.8. The number of hydrogen-bond donors (Lipinski definition) is 0. The Balaban J connectivity index is 1.58. The number of alkyl halides is 6. The summed E-state index contributed by atoms with van der Waals surface area (Å²) in [5.41, 5.74) is -0.967. The maximum absolute atomic E-state index is 13.6. The van der Waals surface area contributed by atoms with Crippen LogP contribution in [0.5, 0.6) is 0 Å². The van der Waals surface area contributed by atoms with Crippen LogP contribution in [0, 0.1) is 6.20 Å². The summed E-state index contributed by atoms with van der Waals surface area (Å²) >= 11 is 0. The Kier molecular flexibility index (Phi) is 6.40. The third-order valence-electron chi connectivity index (χ3n) is 6.64. The van der Waals surface area contributed by atoms with Crippen molar-refractivity contribution in [3.8, 4) is 11.4 Å². The van der Waals surface area contributed by atoms with E-state index in [1.54, 1.807) is 0 Å². The molecule has 1 fully saturated rings. The molecule has 3 aromatic heterocycles. The van der Waals surface area contributed by atoms with Crippen LogP contribution < -0.4 is 9.80 Å². The van der Waals surface area contributed by atoms with Crippen molar-refractivity contribution in [3.63, 3.8) is 0 Å².